The number of rotatable bonds is 1. The Bertz CT molecular complexity index is 931. The van der Waals surface area contributed by atoms with Crippen LogP contribution in [0.4, 0.5) is 0 Å². The molecule has 1 aliphatic heterocycles. The van der Waals surface area contributed by atoms with Crippen LogP contribution in [-0.4, -0.2) is 23.3 Å². The van der Waals surface area contributed by atoms with Gasteiger partial charge in [0.1, 0.15) is 0 Å². The quantitative estimate of drug-likeness (QED) is 0.344. The summed E-state index contributed by atoms with van der Waals surface area (Å²) in [6.45, 7) is 5.03. The van der Waals surface area contributed by atoms with Crippen molar-refractivity contribution in [2.75, 3.05) is 0 Å². The smallest absolute Gasteiger partial charge is 0.391 e. The third kappa shape index (κ3) is 2.87. The summed E-state index contributed by atoms with van der Waals surface area (Å²) in [5.74, 6) is 0. The topological polar surface area (TPSA) is 0 Å². The van der Waals surface area contributed by atoms with Crippen molar-refractivity contribution < 1.29 is 0 Å². The molecule has 0 aromatic heterocycles. The van der Waals surface area contributed by atoms with Crippen molar-refractivity contribution in [3.05, 3.63) is 77.9 Å². The van der Waals surface area contributed by atoms with Gasteiger partial charge in [-0.2, -0.15) is 0 Å². The molecule has 134 valence electrons. The zero-order valence-electron chi connectivity index (χ0n) is 14.3. The number of hydrogen-bond acceptors (Lipinski definition) is 0. The third-order valence-corrected chi connectivity index (χ3v) is 12.8. The molecule has 0 saturated carbocycles. The van der Waals surface area contributed by atoms with Gasteiger partial charge in [0.05, 0.1) is 0 Å². The number of fused-ring (bicyclic) bond motifs is 3. The average molecular weight is 505 g/mol. The summed E-state index contributed by atoms with van der Waals surface area (Å²) >= 11 is -0.869. The molecular weight excluding hydrogens is 488 g/mol. The van der Waals surface area contributed by atoms with Crippen molar-refractivity contribution in [2.45, 2.75) is 22.5 Å². The van der Waals surface area contributed by atoms with Gasteiger partial charge in [0.2, 0.25) is 0 Å². The van der Waals surface area contributed by atoms with Gasteiger partial charge in [-0.05, 0) is 0 Å². The molecule has 0 bridgehead atoms. The Morgan fingerprint density at radius 3 is 1.62 bits per heavy atom. The van der Waals surface area contributed by atoms with Gasteiger partial charge in [-0.1, -0.05) is 0 Å². The molecule has 1 saturated heterocycles. The van der Waals surface area contributed by atoms with Crippen molar-refractivity contribution in [1.29, 1.82) is 0 Å². The van der Waals surface area contributed by atoms with Crippen LogP contribution in [0.3, 0.4) is 0 Å². The summed E-state index contributed by atoms with van der Waals surface area (Å²) in [6.07, 6.45) is 0. The second-order valence-electron chi connectivity index (χ2n) is 6.89. The maximum Gasteiger partial charge on any atom is 0.564 e. The molecule has 5 rings (SSSR count). The predicted molar refractivity (Wildman–Crippen MR) is 120 cm³/mol. The van der Waals surface area contributed by atoms with E-state index in [2.05, 4.69) is 80.6 Å². The summed E-state index contributed by atoms with van der Waals surface area (Å²) in [6, 6.07) is 25.0. The summed E-state index contributed by atoms with van der Waals surface area (Å²) in [5, 5.41) is 2.96. The third-order valence-electron chi connectivity index (χ3n) is 5.60. The first-order chi connectivity index (χ1) is 12.2. The normalized spacial score (nSPS) is 28.3. The van der Waals surface area contributed by atoms with Gasteiger partial charge in [-0.25, -0.2) is 0 Å². The minimum absolute atomic E-state index is 0.373. The summed E-state index contributed by atoms with van der Waals surface area (Å²) in [4.78, 5) is 0. The molecule has 3 aromatic carbocycles. The molecule has 0 amide bonds. The van der Waals surface area contributed by atoms with Crippen molar-refractivity contribution in [2.24, 2.45) is 0 Å². The van der Waals surface area contributed by atoms with E-state index in [4.69, 9.17) is 40.2 Å². The molecule has 1 aliphatic carbocycles. The van der Waals surface area contributed by atoms with E-state index >= 15 is 0 Å². The number of hydrogen-bond donors (Lipinski definition) is 0. The van der Waals surface area contributed by atoms with Crippen molar-refractivity contribution in [3.63, 3.8) is 0 Å². The van der Waals surface area contributed by atoms with E-state index in [0.717, 1.165) is 0 Å². The van der Waals surface area contributed by atoms with E-state index in [0.29, 0.717) is 8.63 Å². The second kappa shape index (κ2) is 6.59. The Morgan fingerprint density at radius 1 is 0.692 bits per heavy atom. The number of halogens is 4. The fourth-order valence-corrected chi connectivity index (χ4v) is 12.2. The molecular formula is C20H17AlCl4Se. The molecule has 1 heterocycles. The minimum Gasteiger partial charge on any atom is -0.391 e. The van der Waals surface area contributed by atoms with E-state index in [1.54, 1.807) is 21.0 Å². The van der Waals surface area contributed by atoms with Gasteiger partial charge >= 0.3 is 139 Å². The zero-order chi connectivity index (χ0) is 18.7. The van der Waals surface area contributed by atoms with Crippen molar-refractivity contribution in [1.82, 2.24) is 0 Å². The molecule has 0 N–H and O–H groups in total. The maximum atomic E-state index is 4.99. The monoisotopic (exact) mass is 504 g/mol. The molecule has 0 nitrogen and oxygen atoms in total. The fraction of sp³-hybridized carbons (Fsp3) is 0.200. The van der Waals surface area contributed by atoms with Gasteiger partial charge in [-0.3, -0.25) is 0 Å². The molecule has 1 fully saturated rings. The summed E-state index contributed by atoms with van der Waals surface area (Å²) < 4.78 is 2.35. The van der Waals surface area contributed by atoms with E-state index in [1.807, 2.05) is 0 Å². The van der Waals surface area contributed by atoms with E-state index in [9.17, 15) is 0 Å². The molecule has 1 unspecified atom stereocenters. The van der Waals surface area contributed by atoms with Crippen molar-refractivity contribution in [3.8, 4) is 0 Å². The van der Waals surface area contributed by atoms with Crippen LogP contribution < -0.4 is 4.46 Å². The summed E-state index contributed by atoms with van der Waals surface area (Å²) in [5.41, 5.74) is 3.21. The first-order valence-corrected chi connectivity index (χ1v) is 17.9. The molecule has 0 radical (unpaired) electrons. The van der Waals surface area contributed by atoms with Crippen LogP contribution in [0.1, 0.15) is 25.0 Å². The standard InChI is InChI=1S/C20H17Se.Al.4ClH/c1-19-16-12-6-8-14-9-7-13-17(18(14)16)20(19,2)21(19)15-10-4-3-5-11-15;;;;;/h3-13H,1-2H3;;4*1H/q+1;+3;;;;/p-4/t19-,20+,21?;;;;;. The van der Waals surface area contributed by atoms with Crippen LogP contribution in [0.15, 0.2) is 66.7 Å². The average Bonchev–Trinajstić information content (AvgIpc) is 3.03. The molecule has 2 aliphatic rings. The largest absolute Gasteiger partial charge is 0.564 e. The van der Waals surface area contributed by atoms with E-state index in [-0.39, 0.29) is 0 Å². The van der Waals surface area contributed by atoms with Gasteiger partial charge in [0.15, 0.2) is 0 Å². The molecule has 3 atom stereocenters. The van der Waals surface area contributed by atoms with Crippen LogP contribution in [0, 0.1) is 0 Å². The van der Waals surface area contributed by atoms with Crippen LogP contribution in [0.25, 0.3) is 10.8 Å². The summed E-state index contributed by atoms with van der Waals surface area (Å²) in [7, 11) is 17.0. The Balaban J connectivity index is 0.000000301. The molecule has 26 heavy (non-hydrogen) atoms. The molecule has 6 heteroatoms. The van der Waals surface area contributed by atoms with Gasteiger partial charge < -0.3 is 40.2 Å². The van der Waals surface area contributed by atoms with Gasteiger partial charge in [-0.15, -0.1) is 0 Å². The van der Waals surface area contributed by atoms with Crippen LogP contribution in [0.5, 0.6) is 0 Å². The first-order valence-electron chi connectivity index (χ1n) is 8.38. The Labute approximate surface area is 177 Å². The van der Waals surface area contributed by atoms with E-state index in [1.165, 1.54) is 5.39 Å². The molecule has 3 aromatic rings. The SMILES string of the molecule is C[C@@]12c3cccc4cccc(c34)[C@]1(C)[Se+]2c1ccccc1.[Cl][Al-]([Cl])([Cl])[Cl]. The Kier molecular flexibility index (Phi) is 4.93. The molecule has 0 spiro atoms. The predicted octanol–water partition coefficient (Wildman–Crippen LogP) is 6.24. The fourth-order valence-electron chi connectivity index (χ4n) is 4.45. The van der Waals surface area contributed by atoms with Crippen LogP contribution in [-0.2, 0) is 8.63 Å². The minimum atomic E-state index is -2.94. The van der Waals surface area contributed by atoms with Gasteiger partial charge in [0, 0.05) is 0 Å². The zero-order valence-corrected chi connectivity index (χ0v) is 20.2. The van der Waals surface area contributed by atoms with Gasteiger partial charge in [0.25, 0.3) is 0 Å². The number of benzene rings is 3. The van der Waals surface area contributed by atoms with Crippen LogP contribution in [0.2, 0.25) is 0 Å². The Hall–Kier alpha value is 0.132. The van der Waals surface area contributed by atoms with E-state index < -0.39 is 23.3 Å². The second-order valence-corrected chi connectivity index (χ2v) is 25.5. The van der Waals surface area contributed by atoms with Crippen LogP contribution >= 0.6 is 40.2 Å². The van der Waals surface area contributed by atoms with Crippen molar-refractivity contribution >= 4 is 78.7 Å². The first kappa shape index (κ1) is 19.4. The maximum absolute atomic E-state index is 4.99. The Morgan fingerprint density at radius 2 is 1.15 bits per heavy atom.